The third kappa shape index (κ3) is 3.67. The maximum Gasteiger partial charge on any atom is 0.222 e. The van der Waals surface area contributed by atoms with Crippen LogP contribution in [-0.2, 0) is 16.1 Å². The summed E-state index contributed by atoms with van der Waals surface area (Å²) in [5.41, 5.74) is 0.0653. The number of hydrogen-bond donors (Lipinski definition) is 1. The average molecular weight is 323 g/mol. The second kappa shape index (κ2) is 6.64. The first-order chi connectivity index (χ1) is 10.6. The van der Waals surface area contributed by atoms with Gasteiger partial charge < -0.3 is 10.1 Å². The second-order valence-corrected chi connectivity index (χ2v) is 7.85. The summed E-state index contributed by atoms with van der Waals surface area (Å²) in [6.45, 7) is 8.32. The van der Waals surface area contributed by atoms with E-state index < -0.39 is 0 Å². The lowest BCUT2D eigenvalue weighted by molar-refractivity contribution is -0.181. The number of carbonyl (C=O) groups is 1. The van der Waals surface area contributed by atoms with Crippen molar-refractivity contribution >= 4 is 17.2 Å². The van der Waals surface area contributed by atoms with Crippen molar-refractivity contribution in [2.45, 2.75) is 38.8 Å². The van der Waals surface area contributed by atoms with Crippen LogP contribution in [0.2, 0.25) is 0 Å². The summed E-state index contributed by atoms with van der Waals surface area (Å²) in [5, 5.41) is 6.22. The zero-order chi connectivity index (χ0) is 15.6. The molecule has 22 heavy (non-hydrogen) atoms. The molecule has 0 bridgehead atoms. The minimum atomic E-state index is 0.0573. The third-order valence-electron chi connectivity index (χ3n) is 4.59. The molecule has 1 atom stereocenters. The highest BCUT2D eigenvalue weighted by Gasteiger charge is 2.46. The van der Waals surface area contributed by atoms with E-state index in [1.54, 1.807) is 11.3 Å². The van der Waals surface area contributed by atoms with Gasteiger partial charge in [0.15, 0.2) is 0 Å². The van der Waals surface area contributed by atoms with Crippen LogP contribution in [-0.4, -0.2) is 47.6 Å². The maximum atomic E-state index is 11.6. The van der Waals surface area contributed by atoms with Crippen molar-refractivity contribution in [3.8, 4) is 0 Å². The van der Waals surface area contributed by atoms with Crippen LogP contribution >= 0.6 is 11.3 Å². The fourth-order valence-electron chi connectivity index (χ4n) is 3.18. The van der Waals surface area contributed by atoms with Crippen molar-refractivity contribution < 1.29 is 9.53 Å². The van der Waals surface area contributed by atoms with Crippen molar-refractivity contribution in [2.24, 2.45) is 11.8 Å². The molecule has 2 fully saturated rings. The van der Waals surface area contributed by atoms with Gasteiger partial charge in [0.2, 0.25) is 5.91 Å². The van der Waals surface area contributed by atoms with Crippen molar-refractivity contribution in [3.05, 3.63) is 16.6 Å². The summed E-state index contributed by atoms with van der Waals surface area (Å²) < 4.78 is 6.15. The molecule has 0 radical (unpaired) electrons. The Labute approximate surface area is 136 Å². The molecule has 0 saturated carbocycles. The van der Waals surface area contributed by atoms with E-state index in [1.807, 2.05) is 25.4 Å². The first kappa shape index (κ1) is 15.9. The number of amides is 1. The second-order valence-electron chi connectivity index (χ2n) is 6.87. The number of thiazole rings is 1. The van der Waals surface area contributed by atoms with Crippen LogP contribution in [0.5, 0.6) is 0 Å². The molecule has 1 aromatic heterocycles. The van der Waals surface area contributed by atoms with E-state index in [9.17, 15) is 4.79 Å². The fourth-order valence-corrected chi connectivity index (χ4v) is 3.84. The smallest absolute Gasteiger partial charge is 0.222 e. The SMILES string of the molecule is CC(C)C(=O)NC[C@@H]1CCC2(CN(Cc3nccs3)C2)OC1. The van der Waals surface area contributed by atoms with Gasteiger partial charge in [-0.2, -0.15) is 0 Å². The molecule has 0 unspecified atom stereocenters. The van der Waals surface area contributed by atoms with E-state index in [2.05, 4.69) is 15.2 Å². The highest BCUT2D eigenvalue weighted by atomic mass is 32.1. The van der Waals surface area contributed by atoms with Gasteiger partial charge in [-0.05, 0) is 18.8 Å². The highest BCUT2D eigenvalue weighted by Crippen LogP contribution is 2.36. The van der Waals surface area contributed by atoms with Gasteiger partial charge >= 0.3 is 0 Å². The van der Waals surface area contributed by atoms with Gasteiger partial charge in [0.25, 0.3) is 0 Å². The number of ether oxygens (including phenoxy) is 1. The molecule has 0 aromatic carbocycles. The van der Waals surface area contributed by atoms with Crippen LogP contribution in [0.15, 0.2) is 11.6 Å². The average Bonchev–Trinajstić information content (AvgIpc) is 2.97. The monoisotopic (exact) mass is 323 g/mol. The molecule has 1 N–H and O–H groups in total. The van der Waals surface area contributed by atoms with Gasteiger partial charge in [-0.1, -0.05) is 13.8 Å². The minimum Gasteiger partial charge on any atom is -0.372 e. The van der Waals surface area contributed by atoms with E-state index in [0.29, 0.717) is 5.92 Å². The third-order valence-corrected chi connectivity index (χ3v) is 5.35. The maximum absolute atomic E-state index is 11.6. The van der Waals surface area contributed by atoms with Crippen LogP contribution in [0.25, 0.3) is 0 Å². The molecule has 2 aliphatic heterocycles. The Morgan fingerprint density at radius 3 is 3.00 bits per heavy atom. The van der Waals surface area contributed by atoms with Crippen LogP contribution in [0, 0.1) is 11.8 Å². The summed E-state index contributed by atoms with van der Waals surface area (Å²) in [6, 6.07) is 0. The van der Waals surface area contributed by atoms with Crippen LogP contribution in [0.3, 0.4) is 0 Å². The molecule has 1 spiro atoms. The summed E-state index contributed by atoms with van der Waals surface area (Å²) in [5.74, 6) is 0.654. The van der Waals surface area contributed by atoms with Gasteiger partial charge in [0, 0.05) is 37.1 Å². The topological polar surface area (TPSA) is 54.5 Å². The quantitative estimate of drug-likeness (QED) is 0.899. The predicted octanol–water partition coefficient (Wildman–Crippen LogP) is 1.90. The normalized spacial score (nSPS) is 24.4. The number of rotatable bonds is 5. The van der Waals surface area contributed by atoms with E-state index in [0.717, 1.165) is 45.6 Å². The van der Waals surface area contributed by atoms with Gasteiger partial charge in [-0.25, -0.2) is 4.98 Å². The number of aromatic nitrogens is 1. The lowest BCUT2D eigenvalue weighted by Crippen LogP contribution is -2.64. The summed E-state index contributed by atoms with van der Waals surface area (Å²) in [4.78, 5) is 18.3. The van der Waals surface area contributed by atoms with Gasteiger partial charge in [-0.3, -0.25) is 9.69 Å². The van der Waals surface area contributed by atoms with E-state index in [4.69, 9.17) is 4.74 Å². The van der Waals surface area contributed by atoms with Crippen LogP contribution in [0.1, 0.15) is 31.7 Å². The Bertz CT molecular complexity index is 487. The lowest BCUT2D eigenvalue weighted by atomic mass is 9.83. The largest absolute Gasteiger partial charge is 0.372 e. The Balaban J connectivity index is 1.37. The standard InChI is InChI=1S/C16H25N3O2S/c1-12(2)15(20)18-7-13-3-4-16(21-9-13)10-19(11-16)8-14-17-5-6-22-14/h5-6,12-13H,3-4,7-11H2,1-2H3,(H,18,20)/t13-/m0/s1. The molecule has 2 aliphatic rings. The summed E-state index contributed by atoms with van der Waals surface area (Å²) in [7, 11) is 0. The van der Waals surface area contributed by atoms with Crippen molar-refractivity contribution in [1.29, 1.82) is 0 Å². The molecule has 0 aliphatic carbocycles. The Morgan fingerprint density at radius 2 is 2.41 bits per heavy atom. The minimum absolute atomic E-state index is 0.0573. The number of hydrogen-bond acceptors (Lipinski definition) is 5. The molecule has 1 amide bonds. The molecule has 2 saturated heterocycles. The Morgan fingerprint density at radius 1 is 1.59 bits per heavy atom. The number of nitrogens with zero attached hydrogens (tertiary/aromatic N) is 2. The molecule has 6 heteroatoms. The number of carbonyl (C=O) groups excluding carboxylic acids is 1. The Kier molecular flexibility index (Phi) is 4.80. The van der Waals surface area contributed by atoms with Crippen LogP contribution < -0.4 is 5.32 Å². The zero-order valence-corrected chi connectivity index (χ0v) is 14.2. The molecule has 122 valence electrons. The molecular weight excluding hydrogens is 298 g/mol. The molecule has 5 nitrogen and oxygen atoms in total. The van der Waals surface area contributed by atoms with Crippen molar-refractivity contribution in [1.82, 2.24) is 15.2 Å². The number of likely N-dealkylation sites (tertiary alicyclic amines) is 1. The predicted molar refractivity (Wildman–Crippen MR) is 86.6 cm³/mol. The molecule has 3 rings (SSSR count). The van der Waals surface area contributed by atoms with Gasteiger partial charge in [0.1, 0.15) is 5.01 Å². The van der Waals surface area contributed by atoms with E-state index in [1.165, 1.54) is 5.01 Å². The summed E-state index contributed by atoms with van der Waals surface area (Å²) >= 11 is 1.71. The first-order valence-corrected chi connectivity index (χ1v) is 8.97. The molecular formula is C16H25N3O2S. The van der Waals surface area contributed by atoms with E-state index >= 15 is 0 Å². The van der Waals surface area contributed by atoms with Crippen LogP contribution in [0.4, 0.5) is 0 Å². The van der Waals surface area contributed by atoms with Crippen molar-refractivity contribution in [2.75, 3.05) is 26.2 Å². The number of nitrogens with one attached hydrogen (secondary N) is 1. The zero-order valence-electron chi connectivity index (χ0n) is 13.4. The lowest BCUT2D eigenvalue weighted by Gasteiger charge is -2.52. The van der Waals surface area contributed by atoms with E-state index in [-0.39, 0.29) is 17.4 Å². The fraction of sp³-hybridized carbons (Fsp3) is 0.750. The highest BCUT2D eigenvalue weighted by molar-refractivity contribution is 7.09. The summed E-state index contributed by atoms with van der Waals surface area (Å²) in [6.07, 6.45) is 4.11. The molecule has 3 heterocycles. The van der Waals surface area contributed by atoms with Crippen molar-refractivity contribution in [3.63, 3.8) is 0 Å². The first-order valence-electron chi connectivity index (χ1n) is 8.09. The van der Waals surface area contributed by atoms with Gasteiger partial charge in [-0.15, -0.1) is 11.3 Å². The Hall–Kier alpha value is -0.980. The van der Waals surface area contributed by atoms with Gasteiger partial charge in [0.05, 0.1) is 18.8 Å². The molecule has 1 aromatic rings.